The molecule has 0 bridgehead atoms. The van der Waals surface area contributed by atoms with Crippen molar-refractivity contribution in [1.82, 2.24) is 14.3 Å². The van der Waals surface area contributed by atoms with Crippen LogP contribution in [0.4, 0.5) is 0 Å². The van der Waals surface area contributed by atoms with E-state index < -0.39 is 0 Å². The van der Waals surface area contributed by atoms with Crippen LogP contribution in [0.15, 0.2) is 72.8 Å². The molecule has 0 unspecified atom stereocenters. The van der Waals surface area contributed by atoms with Gasteiger partial charge in [-0.1, -0.05) is 66.7 Å². The number of allylic oxidation sites excluding steroid dienone is 1. The summed E-state index contributed by atoms with van der Waals surface area (Å²) in [6.45, 7) is 6.19. The molecule has 41 heavy (non-hydrogen) atoms. The molecule has 7 nitrogen and oxygen atoms in total. The number of benzene rings is 3. The lowest BCUT2D eigenvalue weighted by Gasteiger charge is -2.12. The molecule has 0 amide bonds. The molecule has 3 heterocycles. The van der Waals surface area contributed by atoms with Gasteiger partial charge >= 0.3 is 5.97 Å². The minimum Gasteiger partial charge on any atom is -0.493 e. The minimum absolute atomic E-state index is 0.303. The van der Waals surface area contributed by atoms with Gasteiger partial charge in [0.25, 0.3) is 0 Å². The fourth-order valence-electron chi connectivity index (χ4n) is 6.00. The third-order valence-corrected chi connectivity index (χ3v) is 7.75. The van der Waals surface area contributed by atoms with Gasteiger partial charge in [-0.3, -0.25) is 4.68 Å². The molecule has 2 aromatic heterocycles. The van der Waals surface area contributed by atoms with Gasteiger partial charge < -0.3 is 18.8 Å². The Balaban J connectivity index is 1.43. The van der Waals surface area contributed by atoms with E-state index in [4.69, 9.17) is 19.3 Å². The number of carbonyl (C=O) groups excluding carboxylic acids is 1. The molecule has 0 saturated carbocycles. The highest BCUT2D eigenvalue weighted by Crippen LogP contribution is 2.39. The molecule has 1 aliphatic heterocycles. The molecule has 0 atom stereocenters. The molecule has 1 aliphatic rings. The third-order valence-electron chi connectivity index (χ3n) is 7.75. The van der Waals surface area contributed by atoms with Crippen molar-refractivity contribution in [1.29, 1.82) is 0 Å². The molecule has 0 N–H and O–H groups in total. The molecule has 0 fully saturated rings. The highest BCUT2D eigenvalue weighted by Gasteiger charge is 2.27. The van der Waals surface area contributed by atoms with Gasteiger partial charge in [0.1, 0.15) is 11.4 Å². The molecule has 0 radical (unpaired) electrons. The monoisotopic (exact) mass is 549 g/mol. The van der Waals surface area contributed by atoms with Crippen molar-refractivity contribution >= 4 is 27.6 Å². The number of para-hydroxylation sites is 1. The Labute approximate surface area is 239 Å². The Morgan fingerprint density at radius 1 is 1.02 bits per heavy atom. The molecule has 0 aliphatic carbocycles. The van der Waals surface area contributed by atoms with Gasteiger partial charge in [0.15, 0.2) is 0 Å². The second-order valence-electron chi connectivity index (χ2n) is 10.3. The number of fused-ring (bicyclic) bond motifs is 3. The number of aryl methyl sites for hydroxylation is 3. The zero-order valence-corrected chi connectivity index (χ0v) is 23.9. The summed E-state index contributed by atoms with van der Waals surface area (Å²) in [5, 5.41) is 8.04. The Morgan fingerprint density at radius 2 is 1.83 bits per heavy atom. The number of nitrogens with zero attached hydrogens (tertiary/aromatic N) is 3. The van der Waals surface area contributed by atoms with E-state index in [1.54, 1.807) is 0 Å². The summed E-state index contributed by atoms with van der Waals surface area (Å²) in [6.07, 6.45) is 5.50. The van der Waals surface area contributed by atoms with Gasteiger partial charge in [-0.05, 0) is 43.7 Å². The smallest absolute Gasteiger partial charge is 0.355 e. The van der Waals surface area contributed by atoms with Crippen LogP contribution < -0.4 is 4.74 Å². The van der Waals surface area contributed by atoms with Crippen LogP contribution >= 0.6 is 0 Å². The van der Waals surface area contributed by atoms with E-state index in [2.05, 4.69) is 47.0 Å². The largest absolute Gasteiger partial charge is 0.493 e. The maximum Gasteiger partial charge on any atom is 0.355 e. The third kappa shape index (κ3) is 5.02. The maximum absolute atomic E-state index is 13.5. The predicted molar refractivity (Wildman–Crippen MR) is 161 cm³/mol. The maximum atomic E-state index is 13.5. The molecule has 3 aromatic carbocycles. The van der Waals surface area contributed by atoms with Crippen molar-refractivity contribution in [2.24, 2.45) is 7.05 Å². The van der Waals surface area contributed by atoms with E-state index >= 15 is 0 Å². The van der Waals surface area contributed by atoms with Crippen molar-refractivity contribution in [2.75, 3.05) is 19.8 Å². The van der Waals surface area contributed by atoms with E-state index in [1.165, 1.54) is 0 Å². The first-order chi connectivity index (χ1) is 20.1. The standard InChI is InChI=1S/C34H35N3O4/c1-4-40-34(38)33-27(17-11-21-41-30-18-9-13-24-12-5-6-14-25(24)30)26-15-10-16-28-31-23(2)35-36(3)29(31)22-39-20-8-7-19-37(33)32(26)28/h5-10,12-16,18H,4,11,17,19-22H2,1-3H3/b8-7-. The van der Waals surface area contributed by atoms with Crippen LogP contribution in [-0.4, -0.2) is 40.1 Å². The number of hydrogen-bond acceptors (Lipinski definition) is 5. The zero-order chi connectivity index (χ0) is 28.3. The Bertz CT molecular complexity index is 1760. The van der Waals surface area contributed by atoms with Crippen molar-refractivity contribution in [3.63, 3.8) is 0 Å². The van der Waals surface area contributed by atoms with Crippen molar-refractivity contribution in [3.8, 4) is 16.9 Å². The number of rotatable bonds is 7. The van der Waals surface area contributed by atoms with Gasteiger partial charge in [-0.2, -0.15) is 5.10 Å². The van der Waals surface area contributed by atoms with Gasteiger partial charge in [0.05, 0.1) is 43.3 Å². The average Bonchev–Trinajstić information content (AvgIpc) is 3.43. The van der Waals surface area contributed by atoms with Crippen LogP contribution in [-0.2, 0) is 36.1 Å². The Morgan fingerprint density at radius 3 is 2.71 bits per heavy atom. The second-order valence-corrected chi connectivity index (χ2v) is 10.3. The van der Waals surface area contributed by atoms with Gasteiger partial charge in [-0.25, -0.2) is 4.79 Å². The molecule has 5 aromatic rings. The van der Waals surface area contributed by atoms with E-state index in [1.807, 2.05) is 55.9 Å². The summed E-state index contributed by atoms with van der Waals surface area (Å²) in [5.74, 6) is 0.571. The summed E-state index contributed by atoms with van der Waals surface area (Å²) >= 11 is 0. The van der Waals surface area contributed by atoms with Crippen molar-refractivity contribution in [3.05, 3.63) is 95.5 Å². The van der Waals surface area contributed by atoms with E-state index in [0.29, 0.717) is 45.1 Å². The highest BCUT2D eigenvalue weighted by atomic mass is 16.5. The highest BCUT2D eigenvalue weighted by molar-refractivity contribution is 6.05. The first-order valence-electron chi connectivity index (χ1n) is 14.3. The number of hydrogen-bond donors (Lipinski definition) is 0. The van der Waals surface area contributed by atoms with E-state index in [9.17, 15) is 4.79 Å². The number of esters is 1. The lowest BCUT2D eigenvalue weighted by atomic mass is 9.98. The lowest BCUT2D eigenvalue weighted by Crippen LogP contribution is -2.14. The molecular weight excluding hydrogens is 514 g/mol. The van der Waals surface area contributed by atoms with E-state index in [-0.39, 0.29) is 5.97 Å². The summed E-state index contributed by atoms with van der Waals surface area (Å²) in [7, 11) is 1.95. The first-order valence-corrected chi connectivity index (χ1v) is 14.3. The zero-order valence-electron chi connectivity index (χ0n) is 23.9. The first kappa shape index (κ1) is 26.8. The summed E-state index contributed by atoms with van der Waals surface area (Å²) < 4.78 is 21.9. The molecule has 6 rings (SSSR count). The lowest BCUT2D eigenvalue weighted by molar-refractivity contribution is 0.0513. The van der Waals surface area contributed by atoms with Crippen LogP contribution in [0.5, 0.6) is 5.75 Å². The fraction of sp³-hybridized carbons (Fsp3) is 0.294. The summed E-state index contributed by atoms with van der Waals surface area (Å²) in [5.41, 5.74) is 6.66. The van der Waals surface area contributed by atoms with Crippen molar-refractivity contribution in [2.45, 2.75) is 39.8 Å². The van der Waals surface area contributed by atoms with Crippen LogP contribution in [0.1, 0.15) is 40.8 Å². The van der Waals surface area contributed by atoms with Crippen molar-refractivity contribution < 1.29 is 19.0 Å². The van der Waals surface area contributed by atoms with E-state index in [0.717, 1.165) is 61.9 Å². The van der Waals surface area contributed by atoms with Crippen LogP contribution in [0.3, 0.4) is 0 Å². The molecule has 210 valence electrons. The molecular formula is C34H35N3O4. The Hall–Kier alpha value is -4.36. The fourth-order valence-corrected chi connectivity index (χ4v) is 6.00. The number of ether oxygens (including phenoxy) is 3. The molecule has 0 spiro atoms. The van der Waals surface area contributed by atoms with Crippen LogP contribution in [0.25, 0.3) is 32.8 Å². The quantitative estimate of drug-likeness (QED) is 0.127. The number of aromatic nitrogens is 3. The predicted octanol–water partition coefficient (Wildman–Crippen LogP) is 6.78. The Kier molecular flexibility index (Phi) is 7.61. The topological polar surface area (TPSA) is 67.5 Å². The van der Waals surface area contributed by atoms with Gasteiger partial charge in [-0.15, -0.1) is 0 Å². The van der Waals surface area contributed by atoms with Crippen LogP contribution in [0, 0.1) is 6.92 Å². The molecule has 7 heteroatoms. The summed E-state index contributed by atoms with van der Waals surface area (Å²) in [4.78, 5) is 13.5. The minimum atomic E-state index is -0.303. The number of carbonyl (C=O) groups is 1. The van der Waals surface area contributed by atoms with Gasteiger partial charge in [0, 0.05) is 35.5 Å². The SMILES string of the molecule is CCOC(=O)c1c(CCCOc2cccc3ccccc23)c2cccc3c2n1C/C=C\COCc1c-3c(C)nn1C. The molecule has 0 saturated heterocycles. The average molecular weight is 550 g/mol. The van der Waals surface area contributed by atoms with Gasteiger partial charge in [0.2, 0.25) is 0 Å². The second kappa shape index (κ2) is 11.6. The normalized spacial score (nSPS) is 14.0. The van der Waals surface area contributed by atoms with Crippen LogP contribution in [0.2, 0.25) is 0 Å². The summed E-state index contributed by atoms with van der Waals surface area (Å²) in [6, 6.07) is 20.7.